The Labute approximate surface area is 483 Å². The van der Waals surface area contributed by atoms with Crippen LogP contribution in [0.3, 0.4) is 0 Å². The Morgan fingerprint density at radius 3 is 1.29 bits per heavy atom. The zero-order valence-corrected chi connectivity index (χ0v) is 45.2. The molecule has 15 aromatic rings. The molecule has 0 bridgehead atoms. The fourth-order valence-corrected chi connectivity index (χ4v) is 16.1. The highest BCUT2D eigenvalue weighted by Gasteiger charge is 2.54. The minimum Gasteiger partial charge on any atom is -0.309 e. The van der Waals surface area contributed by atoms with Crippen molar-refractivity contribution in [3.63, 3.8) is 0 Å². The summed E-state index contributed by atoms with van der Waals surface area (Å²) >= 11 is 0. The number of fused-ring (bicyclic) bond motifs is 24. The first kappa shape index (κ1) is 45.5. The summed E-state index contributed by atoms with van der Waals surface area (Å²) < 4.78 is 5.09. The van der Waals surface area contributed by atoms with Crippen LogP contribution in [0.4, 0.5) is 0 Å². The van der Waals surface area contributed by atoms with Gasteiger partial charge in [-0.05, 0) is 150 Å². The van der Waals surface area contributed by atoms with Crippen molar-refractivity contribution in [3.8, 4) is 84.5 Å². The summed E-state index contributed by atoms with van der Waals surface area (Å²) in [6, 6.07) is 103. The first-order chi connectivity index (χ1) is 41.6. The molecular weight excluding hydrogens is 1020 g/mol. The van der Waals surface area contributed by atoms with E-state index >= 15 is 0 Å². The van der Waals surface area contributed by atoms with Gasteiger partial charge >= 0.3 is 0 Å². The van der Waals surface area contributed by atoms with Crippen molar-refractivity contribution in [2.24, 2.45) is 0 Å². The number of hydrogen-bond acceptors (Lipinski definition) is 3. The molecule has 0 N–H and O–H groups in total. The minimum atomic E-state index is -0.718. The number of aromatic nitrogens is 4. The SMILES string of the molecule is N#Cc1ccc(-c2cccc3c2-c2ccccc2C32c3cc(-c4ccc5c(c4)C4(c6ccccc6-c6c(-c7ccc(-c8ccccc8)nn7)cccc64)c4cccc6c7ccccc7n-5c46)ccc3-n3c4ccccc4c4cccc2c43)cc1. The van der Waals surface area contributed by atoms with E-state index in [2.05, 4.69) is 258 Å². The minimum absolute atomic E-state index is 0.648. The van der Waals surface area contributed by atoms with Gasteiger partial charge in [-0.1, -0.05) is 212 Å². The van der Waals surface area contributed by atoms with Gasteiger partial charge < -0.3 is 9.13 Å². The molecule has 3 aromatic heterocycles. The Kier molecular flexibility index (Phi) is 8.93. The summed E-state index contributed by atoms with van der Waals surface area (Å²) in [5.74, 6) is 0. The summed E-state index contributed by atoms with van der Waals surface area (Å²) in [5, 5.41) is 24.7. The van der Waals surface area contributed by atoms with Crippen molar-refractivity contribution < 1.29 is 0 Å². The zero-order valence-electron chi connectivity index (χ0n) is 45.2. The monoisotopic (exact) mass is 1060 g/mol. The third-order valence-electron chi connectivity index (χ3n) is 19.3. The van der Waals surface area contributed by atoms with E-state index in [9.17, 15) is 5.26 Å². The quantitative estimate of drug-likeness (QED) is 0.176. The van der Waals surface area contributed by atoms with Gasteiger partial charge in [-0.3, -0.25) is 0 Å². The second-order valence-corrected chi connectivity index (χ2v) is 23.0. The molecule has 0 radical (unpaired) electrons. The van der Waals surface area contributed by atoms with Crippen LogP contribution in [0.25, 0.3) is 122 Å². The predicted molar refractivity (Wildman–Crippen MR) is 339 cm³/mol. The van der Waals surface area contributed by atoms with Crippen LogP contribution in [0.5, 0.6) is 0 Å². The Balaban J connectivity index is 0.896. The second kappa shape index (κ2) is 16.5. The van der Waals surface area contributed by atoms with Gasteiger partial charge in [0.05, 0.1) is 67.3 Å². The van der Waals surface area contributed by atoms with Crippen LogP contribution in [0.2, 0.25) is 0 Å². The lowest BCUT2D eigenvalue weighted by Crippen LogP contribution is -2.34. The van der Waals surface area contributed by atoms with Gasteiger partial charge in [-0.2, -0.15) is 5.26 Å². The van der Waals surface area contributed by atoms with Crippen molar-refractivity contribution in [2.75, 3.05) is 0 Å². The van der Waals surface area contributed by atoms with Gasteiger partial charge in [0.1, 0.15) is 0 Å². The Bertz CT molecular complexity index is 5450. The number of para-hydroxylation sites is 4. The van der Waals surface area contributed by atoms with Crippen LogP contribution in [-0.2, 0) is 10.8 Å². The second-order valence-electron chi connectivity index (χ2n) is 23.0. The third-order valence-corrected chi connectivity index (χ3v) is 19.3. The molecule has 12 aromatic carbocycles. The van der Waals surface area contributed by atoms with Crippen LogP contribution < -0.4 is 0 Å². The molecular formula is C79H45N5. The lowest BCUT2D eigenvalue weighted by Gasteiger charge is -2.40. The molecule has 5 heteroatoms. The molecule has 5 heterocycles. The Morgan fingerprint density at radius 1 is 0.298 bits per heavy atom. The van der Waals surface area contributed by atoms with Crippen molar-refractivity contribution in [3.05, 3.63) is 323 Å². The average molecular weight is 1060 g/mol. The van der Waals surface area contributed by atoms with Gasteiger partial charge in [0, 0.05) is 32.7 Å². The van der Waals surface area contributed by atoms with E-state index in [0.717, 1.165) is 44.8 Å². The largest absolute Gasteiger partial charge is 0.309 e. The molecule has 2 spiro atoms. The van der Waals surface area contributed by atoms with Gasteiger partial charge in [0.2, 0.25) is 0 Å². The first-order valence-electron chi connectivity index (χ1n) is 28.9. The molecule has 2 unspecified atom stereocenters. The van der Waals surface area contributed by atoms with Crippen LogP contribution in [0.1, 0.15) is 50.1 Å². The Morgan fingerprint density at radius 2 is 0.726 bits per heavy atom. The highest BCUT2D eigenvalue weighted by atomic mass is 15.1. The molecule has 5 nitrogen and oxygen atoms in total. The molecule has 2 aliphatic heterocycles. The van der Waals surface area contributed by atoms with E-state index in [0.29, 0.717) is 5.56 Å². The van der Waals surface area contributed by atoms with Gasteiger partial charge in [-0.15, -0.1) is 10.2 Å². The van der Waals surface area contributed by atoms with E-state index < -0.39 is 10.8 Å². The molecule has 0 saturated heterocycles. The molecule has 84 heavy (non-hydrogen) atoms. The highest BCUT2D eigenvalue weighted by Crippen LogP contribution is 2.65. The summed E-state index contributed by atoms with van der Waals surface area (Å²) in [7, 11) is 0. The van der Waals surface area contributed by atoms with Crippen molar-refractivity contribution in [1.29, 1.82) is 5.26 Å². The van der Waals surface area contributed by atoms with Crippen molar-refractivity contribution >= 4 is 43.6 Å². The summed E-state index contributed by atoms with van der Waals surface area (Å²) in [6.45, 7) is 0. The van der Waals surface area contributed by atoms with E-state index in [1.807, 2.05) is 30.3 Å². The van der Waals surface area contributed by atoms with Crippen molar-refractivity contribution in [1.82, 2.24) is 19.3 Å². The number of rotatable bonds is 4. The van der Waals surface area contributed by atoms with E-state index in [-0.39, 0.29) is 0 Å². The maximum Gasteiger partial charge on any atom is 0.0991 e. The van der Waals surface area contributed by atoms with Crippen LogP contribution >= 0.6 is 0 Å². The third kappa shape index (κ3) is 5.57. The van der Waals surface area contributed by atoms with Gasteiger partial charge in [0.25, 0.3) is 0 Å². The molecule has 19 rings (SSSR count). The maximum absolute atomic E-state index is 9.87. The topological polar surface area (TPSA) is 59.4 Å². The fraction of sp³-hybridized carbons (Fsp3) is 0.0253. The zero-order chi connectivity index (χ0) is 55.0. The first-order valence-corrected chi connectivity index (χ1v) is 28.9. The average Bonchev–Trinajstić information content (AvgIpc) is 1.63. The molecule has 2 atom stereocenters. The number of nitriles is 1. The summed E-state index contributed by atoms with van der Waals surface area (Å²) in [4.78, 5) is 0. The van der Waals surface area contributed by atoms with Crippen LogP contribution in [0, 0.1) is 11.3 Å². The fourth-order valence-electron chi connectivity index (χ4n) is 16.1. The summed E-state index contributed by atoms with van der Waals surface area (Å²) in [5.41, 5.74) is 29.6. The van der Waals surface area contributed by atoms with E-state index in [1.165, 1.54) is 122 Å². The van der Waals surface area contributed by atoms with Crippen molar-refractivity contribution in [2.45, 2.75) is 10.8 Å². The van der Waals surface area contributed by atoms with Crippen LogP contribution in [-0.4, -0.2) is 19.3 Å². The predicted octanol–water partition coefficient (Wildman–Crippen LogP) is 18.6. The van der Waals surface area contributed by atoms with E-state index in [4.69, 9.17) is 10.2 Å². The lowest BCUT2D eigenvalue weighted by molar-refractivity contribution is 0.747. The summed E-state index contributed by atoms with van der Waals surface area (Å²) in [6.07, 6.45) is 0. The molecule has 2 aliphatic carbocycles. The maximum atomic E-state index is 9.87. The standard InChI is InChI=1S/C79H45N5/c80-46-47-34-36-48(37-35-47)52-22-12-28-62-74(52)57-20-4-8-26-60(57)78(62)64-30-13-23-55-53-18-6-10-32-70(53)83(76(55)64)72-42-38-50(44-66(72)78)51-39-43-73-67(45-51)79(65-31-14-24-56-54-19-7-11-33-71(54)84(73)77(56)65)61-27-9-5-21-58(61)75-59(25-15-29-63(75)79)69-41-40-68(81-82-69)49-16-2-1-3-17-49/h1-45H. The highest BCUT2D eigenvalue weighted by molar-refractivity contribution is 6.15. The molecule has 0 amide bonds. The lowest BCUT2D eigenvalue weighted by atomic mass is 9.64. The molecule has 0 fully saturated rings. The smallest absolute Gasteiger partial charge is 0.0991 e. The number of hydrogen-bond donors (Lipinski definition) is 0. The normalized spacial score (nSPS) is 16.2. The van der Waals surface area contributed by atoms with E-state index in [1.54, 1.807) is 0 Å². The van der Waals surface area contributed by atoms with Gasteiger partial charge in [0.15, 0.2) is 0 Å². The number of benzene rings is 12. The van der Waals surface area contributed by atoms with Crippen LogP contribution in [0.15, 0.2) is 273 Å². The molecule has 4 aliphatic rings. The molecule has 0 saturated carbocycles. The molecule has 386 valence electrons. The van der Waals surface area contributed by atoms with Gasteiger partial charge in [-0.25, -0.2) is 0 Å². The number of nitrogens with zero attached hydrogens (tertiary/aromatic N) is 5. The Hall–Kier alpha value is -11.2.